The number of rotatable bonds is 6. The number of nitrogens with zero attached hydrogens (tertiary/aromatic N) is 2. The summed E-state index contributed by atoms with van der Waals surface area (Å²) >= 11 is 0. The number of anilines is 1. The quantitative estimate of drug-likeness (QED) is 0.855. The van der Waals surface area contributed by atoms with Crippen LogP contribution in [0.3, 0.4) is 0 Å². The van der Waals surface area contributed by atoms with Gasteiger partial charge in [0.25, 0.3) is 0 Å². The van der Waals surface area contributed by atoms with Crippen molar-refractivity contribution < 1.29 is 13.2 Å². The number of pyridine rings is 1. The lowest BCUT2D eigenvalue weighted by molar-refractivity contribution is -0.122. The van der Waals surface area contributed by atoms with Gasteiger partial charge in [0.2, 0.25) is 15.9 Å². The summed E-state index contributed by atoms with van der Waals surface area (Å²) in [6.07, 6.45) is 2.75. The van der Waals surface area contributed by atoms with Gasteiger partial charge in [-0.15, -0.1) is 0 Å². The molecule has 2 rings (SSSR count). The second-order valence-corrected chi connectivity index (χ2v) is 7.98. The van der Waals surface area contributed by atoms with Crippen molar-refractivity contribution >= 4 is 21.6 Å². The fourth-order valence-corrected chi connectivity index (χ4v) is 3.87. The van der Waals surface area contributed by atoms with Gasteiger partial charge in [-0.25, -0.2) is 8.42 Å². The Bertz CT molecular complexity index is 831. The third-order valence-corrected chi connectivity index (χ3v) is 4.96. The molecule has 2 aromatic rings. The molecule has 25 heavy (non-hydrogen) atoms. The van der Waals surface area contributed by atoms with Crippen LogP contribution in [0.2, 0.25) is 0 Å². The molecule has 6 nitrogen and oxygen atoms in total. The Kier molecular flexibility index (Phi) is 5.79. The van der Waals surface area contributed by atoms with E-state index in [9.17, 15) is 13.2 Å². The Labute approximate surface area is 148 Å². The van der Waals surface area contributed by atoms with Crippen molar-refractivity contribution in [3.8, 4) is 0 Å². The maximum absolute atomic E-state index is 12.5. The highest BCUT2D eigenvalue weighted by atomic mass is 32.2. The summed E-state index contributed by atoms with van der Waals surface area (Å²) in [6.45, 7) is 5.60. The lowest BCUT2D eigenvalue weighted by atomic mass is 10.1. The SMILES string of the molecule is Cc1cc(C)cc(N([C@@H](C)C(=O)NCc2ccccn2)S(C)(=O)=O)c1. The summed E-state index contributed by atoms with van der Waals surface area (Å²) < 4.78 is 25.8. The number of amides is 1. The van der Waals surface area contributed by atoms with Crippen molar-refractivity contribution in [1.82, 2.24) is 10.3 Å². The maximum atomic E-state index is 12.5. The zero-order valence-corrected chi connectivity index (χ0v) is 15.7. The number of benzene rings is 1. The largest absolute Gasteiger partial charge is 0.349 e. The lowest BCUT2D eigenvalue weighted by Crippen LogP contribution is -2.47. The van der Waals surface area contributed by atoms with Crippen molar-refractivity contribution in [3.05, 3.63) is 59.4 Å². The minimum Gasteiger partial charge on any atom is -0.349 e. The van der Waals surface area contributed by atoms with E-state index in [0.717, 1.165) is 21.7 Å². The fourth-order valence-electron chi connectivity index (χ4n) is 2.71. The number of carbonyl (C=O) groups is 1. The number of nitrogens with one attached hydrogen (secondary N) is 1. The average molecular weight is 361 g/mol. The van der Waals surface area contributed by atoms with Crippen molar-refractivity contribution in [3.63, 3.8) is 0 Å². The van der Waals surface area contributed by atoms with Gasteiger partial charge in [0.1, 0.15) is 6.04 Å². The highest BCUT2D eigenvalue weighted by molar-refractivity contribution is 7.92. The van der Waals surface area contributed by atoms with E-state index in [4.69, 9.17) is 0 Å². The summed E-state index contributed by atoms with van der Waals surface area (Å²) in [5.41, 5.74) is 3.07. The van der Waals surface area contributed by atoms with E-state index in [1.807, 2.05) is 26.0 Å². The van der Waals surface area contributed by atoms with Crippen molar-refractivity contribution in [1.29, 1.82) is 0 Å². The van der Waals surface area contributed by atoms with Gasteiger partial charge in [-0.05, 0) is 56.2 Å². The minimum atomic E-state index is -3.62. The van der Waals surface area contributed by atoms with E-state index in [1.165, 1.54) is 0 Å². The lowest BCUT2D eigenvalue weighted by Gasteiger charge is -2.28. The first-order valence-electron chi connectivity index (χ1n) is 7.94. The molecule has 0 saturated carbocycles. The van der Waals surface area contributed by atoms with Crippen molar-refractivity contribution in [2.75, 3.05) is 10.6 Å². The van der Waals surface area contributed by atoms with Gasteiger partial charge in [-0.3, -0.25) is 14.1 Å². The second kappa shape index (κ2) is 7.65. The van der Waals surface area contributed by atoms with Gasteiger partial charge < -0.3 is 5.32 Å². The summed E-state index contributed by atoms with van der Waals surface area (Å²) in [5, 5.41) is 2.74. The van der Waals surface area contributed by atoms with Crippen LogP contribution in [0, 0.1) is 13.8 Å². The standard InChI is InChI=1S/C18H23N3O3S/c1-13-9-14(2)11-17(10-13)21(25(4,23)24)15(3)18(22)20-12-16-7-5-6-8-19-16/h5-11,15H,12H2,1-4H3,(H,20,22)/t15-/m0/s1. The number of hydrogen-bond acceptors (Lipinski definition) is 4. The van der Waals surface area contributed by atoms with Gasteiger partial charge in [-0.1, -0.05) is 12.1 Å². The van der Waals surface area contributed by atoms with Crippen LogP contribution in [0.25, 0.3) is 0 Å². The molecule has 0 unspecified atom stereocenters. The number of aromatic nitrogens is 1. The molecule has 0 aliphatic rings. The molecule has 1 heterocycles. The molecule has 134 valence electrons. The molecule has 1 aromatic heterocycles. The molecule has 1 amide bonds. The first-order chi connectivity index (χ1) is 11.7. The molecule has 0 spiro atoms. The molecule has 1 N–H and O–H groups in total. The Morgan fingerprint density at radius 2 is 1.84 bits per heavy atom. The van der Waals surface area contributed by atoms with Gasteiger partial charge in [0.05, 0.1) is 24.2 Å². The van der Waals surface area contributed by atoms with E-state index in [1.54, 1.807) is 37.4 Å². The molecule has 7 heteroatoms. The van der Waals surface area contributed by atoms with Crippen LogP contribution >= 0.6 is 0 Å². The van der Waals surface area contributed by atoms with Crippen molar-refractivity contribution in [2.45, 2.75) is 33.4 Å². The molecule has 0 aliphatic carbocycles. The van der Waals surface area contributed by atoms with Crippen molar-refractivity contribution in [2.24, 2.45) is 0 Å². The number of sulfonamides is 1. The number of hydrogen-bond donors (Lipinski definition) is 1. The smallest absolute Gasteiger partial charge is 0.243 e. The highest BCUT2D eigenvalue weighted by Crippen LogP contribution is 2.23. The van der Waals surface area contributed by atoms with Gasteiger partial charge in [0, 0.05) is 6.20 Å². The molecular formula is C18H23N3O3S. The predicted molar refractivity (Wildman–Crippen MR) is 98.8 cm³/mol. The molecule has 0 aliphatic heterocycles. The van der Waals surface area contributed by atoms with E-state index in [2.05, 4.69) is 10.3 Å². The van der Waals surface area contributed by atoms with Crippen LogP contribution in [-0.4, -0.2) is 31.6 Å². The van der Waals surface area contributed by atoms with Gasteiger partial charge in [-0.2, -0.15) is 0 Å². The van der Waals surface area contributed by atoms with Crippen LogP contribution < -0.4 is 9.62 Å². The molecule has 0 fully saturated rings. The van der Waals surface area contributed by atoms with E-state index >= 15 is 0 Å². The normalized spacial score (nSPS) is 12.5. The third kappa shape index (κ3) is 5.03. The summed E-state index contributed by atoms with van der Waals surface area (Å²) in [5.74, 6) is -0.379. The Hall–Kier alpha value is -2.41. The number of carbonyl (C=O) groups excluding carboxylic acids is 1. The minimum absolute atomic E-state index is 0.245. The summed E-state index contributed by atoms with van der Waals surface area (Å²) in [6, 6.07) is 10.0. The summed E-state index contributed by atoms with van der Waals surface area (Å²) in [4.78, 5) is 16.6. The zero-order chi connectivity index (χ0) is 18.6. The fraction of sp³-hybridized carbons (Fsp3) is 0.333. The zero-order valence-electron chi connectivity index (χ0n) is 14.9. The molecule has 0 radical (unpaired) electrons. The van der Waals surface area contributed by atoms with Gasteiger partial charge in [0.15, 0.2) is 0 Å². The molecule has 0 saturated heterocycles. The average Bonchev–Trinajstić information content (AvgIpc) is 2.51. The van der Waals surface area contributed by atoms with Gasteiger partial charge >= 0.3 is 0 Å². The Morgan fingerprint density at radius 3 is 2.36 bits per heavy atom. The topological polar surface area (TPSA) is 79.4 Å². The molecule has 1 atom stereocenters. The van der Waals surface area contributed by atoms with E-state index < -0.39 is 16.1 Å². The Morgan fingerprint density at radius 1 is 1.20 bits per heavy atom. The first kappa shape index (κ1) is 18.9. The van der Waals surface area contributed by atoms with Crippen LogP contribution in [0.5, 0.6) is 0 Å². The molecular weight excluding hydrogens is 338 g/mol. The second-order valence-electron chi connectivity index (χ2n) is 6.12. The predicted octanol–water partition coefficient (Wildman–Crippen LogP) is 2.17. The monoisotopic (exact) mass is 361 g/mol. The number of aryl methyl sites for hydroxylation is 2. The molecule has 1 aromatic carbocycles. The van der Waals surface area contributed by atoms with Crippen LogP contribution in [0.1, 0.15) is 23.7 Å². The van der Waals surface area contributed by atoms with E-state index in [-0.39, 0.29) is 12.5 Å². The van der Waals surface area contributed by atoms with Crippen LogP contribution in [-0.2, 0) is 21.4 Å². The summed E-state index contributed by atoms with van der Waals surface area (Å²) in [7, 11) is -3.62. The molecule has 0 bridgehead atoms. The van der Waals surface area contributed by atoms with Crippen LogP contribution in [0.4, 0.5) is 5.69 Å². The third-order valence-electron chi connectivity index (χ3n) is 3.72. The van der Waals surface area contributed by atoms with Crippen LogP contribution in [0.15, 0.2) is 42.6 Å². The Balaban J connectivity index is 2.24. The highest BCUT2D eigenvalue weighted by Gasteiger charge is 2.29. The first-order valence-corrected chi connectivity index (χ1v) is 9.78. The van der Waals surface area contributed by atoms with E-state index in [0.29, 0.717) is 11.4 Å². The maximum Gasteiger partial charge on any atom is 0.243 e.